The predicted molar refractivity (Wildman–Crippen MR) is 156 cm³/mol. The van der Waals surface area contributed by atoms with Crippen LogP contribution in [0.4, 0.5) is 4.39 Å². The predicted octanol–water partition coefficient (Wildman–Crippen LogP) is 6.70. The highest BCUT2D eigenvalue weighted by Crippen LogP contribution is 2.27. The summed E-state index contributed by atoms with van der Waals surface area (Å²) in [5.41, 5.74) is 3.02. The van der Waals surface area contributed by atoms with Gasteiger partial charge in [-0.1, -0.05) is 66.2 Å². The van der Waals surface area contributed by atoms with Crippen molar-refractivity contribution in [3.63, 3.8) is 0 Å². The first kappa shape index (κ1) is 27.2. The van der Waals surface area contributed by atoms with Crippen molar-refractivity contribution < 1.29 is 13.9 Å². The van der Waals surface area contributed by atoms with Crippen LogP contribution in [0.1, 0.15) is 29.1 Å². The Morgan fingerprint density at radius 2 is 1.65 bits per heavy atom. The molecule has 0 radical (unpaired) electrons. The molecular formula is C32H27ClFN3O3. The molecule has 6 nitrogen and oxygen atoms in total. The Morgan fingerprint density at radius 3 is 2.35 bits per heavy atom. The number of methoxy groups -OCH3 is 1. The number of hydrogen-bond donors (Lipinski definition) is 0. The maximum Gasteiger partial charge on any atom is 0.266 e. The molecule has 1 unspecified atom stereocenters. The standard InChI is InChI=1S/C32H27ClFN3O3/c1-21(36(18-19-40-2)31(38)24-14-12-23(13-15-24)22-8-4-3-5-9-22)30-35-29-11-7-6-10-26(29)32(39)37(30)25-16-17-28(34)27(33)20-25/h3-17,20-21H,18-19H2,1-2H3. The second-order valence-corrected chi connectivity index (χ2v) is 9.74. The molecule has 5 rings (SSSR count). The molecule has 1 aromatic heterocycles. The van der Waals surface area contributed by atoms with Crippen molar-refractivity contribution in [1.82, 2.24) is 14.5 Å². The third kappa shape index (κ3) is 5.39. The van der Waals surface area contributed by atoms with Gasteiger partial charge in [0.15, 0.2) is 0 Å². The lowest BCUT2D eigenvalue weighted by Gasteiger charge is -2.30. The zero-order chi connectivity index (χ0) is 28.2. The number of para-hydroxylation sites is 1. The number of fused-ring (bicyclic) bond motifs is 1. The molecule has 1 amide bonds. The molecule has 0 saturated heterocycles. The van der Waals surface area contributed by atoms with Crippen LogP contribution in [0, 0.1) is 5.82 Å². The number of aromatic nitrogens is 2. The minimum absolute atomic E-state index is 0.123. The van der Waals surface area contributed by atoms with Crippen LogP contribution in [0.2, 0.25) is 5.02 Å². The van der Waals surface area contributed by atoms with E-state index in [1.807, 2.05) is 49.4 Å². The Labute approximate surface area is 236 Å². The molecule has 1 heterocycles. The molecule has 0 aliphatic carbocycles. The molecule has 0 bridgehead atoms. The minimum atomic E-state index is -0.655. The number of amides is 1. The molecule has 0 saturated carbocycles. The van der Waals surface area contributed by atoms with Crippen molar-refractivity contribution in [3.8, 4) is 16.8 Å². The number of hydrogen-bond acceptors (Lipinski definition) is 4. The van der Waals surface area contributed by atoms with Crippen molar-refractivity contribution in [3.05, 3.63) is 130 Å². The van der Waals surface area contributed by atoms with E-state index >= 15 is 0 Å². The first-order chi connectivity index (χ1) is 19.4. The third-order valence-corrected chi connectivity index (χ3v) is 7.13. The van der Waals surface area contributed by atoms with Crippen LogP contribution in [0.5, 0.6) is 0 Å². The van der Waals surface area contributed by atoms with E-state index in [9.17, 15) is 14.0 Å². The molecule has 0 N–H and O–H groups in total. The van der Waals surface area contributed by atoms with Gasteiger partial charge in [-0.05, 0) is 60.5 Å². The van der Waals surface area contributed by atoms with Crippen LogP contribution in [-0.4, -0.2) is 40.6 Å². The molecule has 0 aliphatic heterocycles. The number of nitrogens with zero attached hydrogens (tertiary/aromatic N) is 3. The monoisotopic (exact) mass is 555 g/mol. The van der Waals surface area contributed by atoms with Crippen LogP contribution < -0.4 is 5.56 Å². The van der Waals surface area contributed by atoms with Gasteiger partial charge in [-0.3, -0.25) is 14.2 Å². The summed E-state index contributed by atoms with van der Waals surface area (Å²) in [7, 11) is 1.56. The van der Waals surface area contributed by atoms with E-state index in [-0.39, 0.29) is 29.6 Å². The smallest absolute Gasteiger partial charge is 0.266 e. The fourth-order valence-electron chi connectivity index (χ4n) is 4.71. The summed E-state index contributed by atoms with van der Waals surface area (Å²) in [6.07, 6.45) is 0. The van der Waals surface area contributed by atoms with E-state index in [2.05, 4.69) is 0 Å². The van der Waals surface area contributed by atoms with E-state index in [0.717, 1.165) is 11.1 Å². The van der Waals surface area contributed by atoms with Crippen molar-refractivity contribution >= 4 is 28.4 Å². The number of carbonyl (C=O) groups is 1. The molecule has 4 aromatic carbocycles. The zero-order valence-electron chi connectivity index (χ0n) is 22.1. The lowest BCUT2D eigenvalue weighted by atomic mass is 10.0. The van der Waals surface area contributed by atoms with Gasteiger partial charge in [0.25, 0.3) is 11.5 Å². The summed E-state index contributed by atoms with van der Waals surface area (Å²) in [6, 6.07) is 27.7. The maximum atomic E-state index is 14.0. The fraction of sp³-hybridized carbons (Fsp3) is 0.156. The maximum absolute atomic E-state index is 14.0. The summed E-state index contributed by atoms with van der Waals surface area (Å²) in [6.45, 7) is 2.34. The summed E-state index contributed by atoms with van der Waals surface area (Å²) in [4.78, 5) is 34.1. The van der Waals surface area contributed by atoms with Crippen LogP contribution in [0.15, 0.2) is 102 Å². The van der Waals surface area contributed by atoms with Gasteiger partial charge in [-0.15, -0.1) is 0 Å². The van der Waals surface area contributed by atoms with E-state index < -0.39 is 11.9 Å². The molecule has 1 atom stereocenters. The van der Waals surface area contributed by atoms with Crippen LogP contribution in [0.25, 0.3) is 27.7 Å². The van der Waals surface area contributed by atoms with E-state index in [4.69, 9.17) is 21.3 Å². The minimum Gasteiger partial charge on any atom is -0.383 e. The summed E-state index contributed by atoms with van der Waals surface area (Å²) in [5.74, 6) is -0.523. The number of rotatable bonds is 8. The van der Waals surface area contributed by atoms with E-state index in [1.54, 1.807) is 48.4 Å². The average molecular weight is 556 g/mol. The van der Waals surface area contributed by atoms with Crippen molar-refractivity contribution in [1.29, 1.82) is 0 Å². The van der Waals surface area contributed by atoms with Gasteiger partial charge in [0.1, 0.15) is 11.6 Å². The zero-order valence-corrected chi connectivity index (χ0v) is 22.8. The van der Waals surface area contributed by atoms with Gasteiger partial charge in [0.05, 0.1) is 34.3 Å². The second kappa shape index (κ2) is 11.8. The van der Waals surface area contributed by atoms with Gasteiger partial charge in [0, 0.05) is 19.2 Å². The van der Waals surface area contributed by atoms with Crippen LogP contribution >= 0.6 is 11.6 Å². The highest BCUT2D eigenvalue weighted by molar-refractivity contribution is 6.30. The van der Waals surface area contributed by atoms with E-state index in [0.29, 0.717) is 28.0 Å². The molecule has 0 spiro atoms. The third-order valence-electron chi connectivity index (χ3n) is 6.84. The van der Waals surface area contributed by atoms with Gasteiger partial charge in [-0.2, -0.15) is 0 Å². The van der Waals surface area contributed by atoms with Crippen LogP contribution in [-0.2, 0) is 4.74 Å². The van der Waals surface area contributed by atoms with Gasteiger partial charge >= 0.3 is 0 Å². The Kier molecular flexibility index (Phi) is 8.05. The van der Waals surface area contributed by atoms with Crippen molar-refractivity contribution in [2.24, 2.45) is 0 Å². The molecule has 202 valence electrons. The first-order valence-electron chi connectivity index (χ1n) is 12.8. The Hall–Kier alpha value is -4.33. The second-order valence-electron chi connectivity index (χ2n) is 9.34. The average Bonchev–Trinajstić information content (AvgIpc) is 2.99. The largest absolute Gasteiger partial charge is 0.383 e. The number of ether oxygens (including phenoxy) is 1. The SMILES string of the molecule is COCCN(C(=O)c1ccc(-c2ccccc2)cc1)C(C)c1nc2ccccc2c(=O)n1-c1ccc(F)c(Cl)c1. The van der Waals surface area contributed by atoms with Gasteiger partial charge in [-0.25, -0.2) is 9.37 Å². The summed E-state index contributed by atoms with van der Waals surface area (Å²) in [5, 5.41) is 0.271. The van der Waals surface area contributed by atoms with Crippen LogP contribution in [0.3, 0.4) is 0 Å². The molecule has 8 heteroatoms. The fourth-order valence-corrected chi connectivity index (χ4v) is 4.88. The molecule has 0 aliphatic rings. The molecule has 0 fully saturated rings. The first-order valence-corrected chi connectivity index (χ1v) is 13.2. The van der Waals surface area contributed by atoms with Gasteiger partial charge in [0.2, 0.25) is 0 Å². The topological polar surface area (TPSA) is 64.4 Å². The summed E-state index contributed by atoms with van der Waals surface area (Å²) >= 11 is 6.09. The summed E-state index contributed by atoms with van der Waals surface area (Å²) < 4.78 is 20.7. The van der Waals surface area contributed by atoms with Gasteiger partial charge < -0.3 is 9.64 Å². The lowest BCUT2D eigenvalue weighted by molar-refractivity contribution is 0.0605. The number of halogens is 2. The Balaban J connectivity index is 1.60. The molecular weight excluding hydrogens is 529 g/mol. The van der Waals surface area contributed by atoms with E-state index in [1.165, 1.54) is 22.8 Å². The normalized spacial score (nSPS) is 11.9. The highest BCUT2D eigenvalue weighted by atomic mass is 35.5. The van der Waals surface area contributed by atoms with Crippen molar-refractivity contribution in [2.75, 3.05) is 20.3 Å². The number of benzene rings is 4. The highest BCUT2D eigenvalue weighted by Gasteiger charge is 2.28. The quantitative estimate of drug-likeness (QED) is 0.214. The Morgan fingerprint density at radius 1 is 0.975 bits per heavy atom. The Bertz CT molecular complexity index is 1720. The lowest BCUT2D eigenvalue weighted by Crippen LogP contribution is -2.39. The van der Waals surface area contributed by atoms with Crippen molar-refractivity contribution in [2.45, 2.75) is 13.0 Å². The molecule has 40 heavy (non-hydrogen) atoms. The number of carbonyl (C=O) groups excluding carboxylic acids is 1. The molecule has 5 aromatic rings.